The lowest BCUT2D eigenvalue weighted by molar-refractivity contribution is 0.113. The fourth-order valence-corrected chi connectivity index (χ4v) is 6.18. The minimum absolute atomic E-state index is 0.794. The Morgan fingerprint density at radius 2 is 1.69 bits per heavy atom. The summed E-state index contributed by atoms with van der Waals surface area (Å²) in [6.45, 7) is 4.44. The lowest BCUT2D eigenvalue weighted by Crippen LogP contribution is -2.30. The van der Waals surface area contributed by atoms with Crippen LogP contribution in [0, 0.1) is 17.8 Å². The Kier molecular flexibility index (Phi) is 7.11. The van der Waals surface area contributed by atoms with E-state index < -0.39 is 0 Å². The van der Waals surface area contributed by atoms with Gasteiger partial charge in [-0.15, -0.1) is 0 Å². The van der Waals surface area contributed by atoms with Gasteiger partial charge in [-0.25, -0.2) is 0 Å². The number of unbranched alkanes of at least 4 members (excludes halogenated alkanes) is 1. The van der Waals surface area contributed by atoms with Crippen molar-refractivity contribution in [2.24, 2.45) is 17.8 Å². The summed E-state index contributed by atoms with van der Waals surface area (Å²) >= 11 is 0. The molecule has 2 aliphatic carbocycles. The second-order valence-corrected chi connectivity index (χ2v) is 9.90. The zero-order chi connectivity index (χ0) is 20.1. The quantitative estimate of drug-likeness (QED) is 0.415. The van der Waals surface area contributed by atoms with Gasteiger partial charge in [-0.2, -0.15) is 0 Å². The summed E-state index contributed by atoms with van der Waals surface area (Å²) in [5.41, 5.74) is 3.06. The first-order chi connectivity index (χ1) is 14.3. The summed E-state index contributed by atoms with van der Waals surface area (Å²) in [4.78, 5) is 0. The molecule has 4 rings (SSSR count). The van der Waals surface area contributed by atoms with Crippen molar-refractivity contribution in [3.63, 3.8) is 0 Å². The monoisotopic (exact) mass is 388 g/mol. The molecule has 2 aromatic rings. The van der Waals surface area contributed by atoms with E-state index in [1.54, 1.807) is 5.56 Å². The molecular weight excluding hydrogens is 348 g/mol. The van der Waals surface area contributed by atoms with Crippen molar-refractivity contribution in [3.05, 3.63) is 59.7 Å². The fourth-order valence-electron chi connectivity index (χ4n) is 6.18. The highest BCUT2D eigenvalue weighted by Crippen LogP contribution is 2.48. The zero-order valence-corrected chi connectivity index (χ0v) is 18.7. The molecule has 156 valence electrons. The number of allylic oxidation sites excluding steroid dienone is 2. The Morgan fingerprint density at radius 1 is 0.897 bits per heavy atom. The first kappa shape index (κ1) is 20.7. The molecule has 0 heteroatoms. The van der Waals surface area contributed by atoms with Crippen LogP contribution in [0.25, 0.3) is 10.8 Å². The van der Waals surface area contributed by atoms with Gasteiger partial charge in [-0.05, 0) is 97.4 Å². The van der Waals surface area contributed by atoms with E-state index in [1.807, 2.05) is 0 Å². The Hall–Kier alpha value is -1.56. The zero-order valence-electron chi connectivity index (χ0n) is 18.7. The molecule has 0 nitrogen and oxygen atoms in total. The Morgan fingerprint density at radius 3 is 2.55 bits per heavy atom. The van der Waals surface area contributed by atoms with Crippen molar-refractivity contribution in [3.8, 4) is 0 Å². The van der Waals surface area contributed by atoms with E-state index >= 15 is 0 Å². The normalized spacial score (nSPS) is 27.4. The van der Waals surface area contributed by atoms with E-state index in [9.17, 15) is 0 Å². The first-order valence-corrected chi connectivity index (χ1v) is 12.4. The summed E-state index contributed by atoms with van der Waals surface area (Å²) < 4.78 is 0. The van der Waals surface area contributed by atoms with Crippen molar-refractivity contribution < 1.29 is 0 Å². The van der Waals surface area contributed by atoms with E-state index in [2.05, 4.69) is 62.4 Å². The van der Waals surface area contributed by atoms with Gasteiger partial charge >= 0.3 is 0 Å². The van der Waals surface area contributed by atoms with Crippen LogP contribution in [0.15, 0.2) is 48.6 Å². The summed E-state index contributed by atoms with van der Waals surface area (Å²) in [6.07, 6.45) is 19.9. The predicted molar refractivity (Wildman–Crippen MR) is 128 cm³/mol. The molecule has 0 heterocycles. The third kappa shape index (κ3) is 5.14. The summed E-state index contributed by atoms with van der Waals surface area (Å²) in [5.74, 6) is 3.86. The average molecular weight is 389 g/mol. The van der Waals surface area contributed by atoms with E-state index in [0.717, 1.165) is 36.5 Å². The number of hydrogen-bond donors (Lipinski definition) is 0. The maximum absolute atomic E-state index is 2.50. The molecule has 0 saturated heterocycles. The smallest absolute Gasteiger partial charge is 0.0159 e. The Bertz CT molecular complexity index is 814. The maximum Gasteiger partial charge on any atom is -0.0159 e. The van der Waals surface area contributed by atoms with Gasteiger partial charge in [0, 0.05) is 0 Å². The number of rotatable bonds is 7. The van der Waals surface area contributed by atoms with Crippen LogP contribution in [-0.2, 0) is 6.42 Å². The molecule has 0 bridgehead atoms. The Labute approximate surface area is 178 Å². The molecule has 2 saturated carbocycles. The van der Waals surface area contributed by atoms with Gasteiger partial charge in [0.25, 0.3) is 0 Å². The molecule has 0 aromatic heterocycles. The fraction of sp³-hybridized carbons (Fsp3) is 0.586. The molecule has 29 heavy (non-hydrogen) atoms. The lowest BCUT2D eigenvalue weighted by atomic mass is 9.63. The van der Waals surface area contributed by atoms with Crippen molar-refractivity contribution in [2.75, 3.05) is 0 Å². The molecule has 0 spiro atoms. The van der Waals surface area contributed by atoms with Crippen LogP contribution < -0.4 is 0 Å². The van der Waals surface area contributed by atoms with Crippen LogP contribution >= 0.6 is 0 Å². The highest BCUT2D eigenvalue weighted by Gasteiger charge is 2.35. The van der Waals surface area contributed by atoms with Crippen LogP contribution in [-0.4, -0.2) is 0 Å². The number of benzene rings is 2. The molecule has 4 unspecified atom stereocenters. The topological polar surface area (TPSA) is 0 Å². The molecule has 0 radical (unpaired) electrons. The van der Waals surface area contributed by atoms with Gasteiger partial charge in [-0.1, -0.05) is 81.2 Å². The van der Waals surface area contributed by atoms with Gasteiger partial charge in [0.15, 0.2) is 0 Å². The lowest BCUT2D eigenvalue weighted by Gasteiger charge is -2.42. The van der Waals surface area contributed by atoms with Crippen LogP contribution in [0.5, 0.6) is 0 Å². The number of hydrogen-bond acceptors (Lipinski definition) is 0. The van der Waals surface area contributed by atoms with Crippen LogP contribution in [0.1, 0.15) is 95.1 Å². The van der Waals surface area contributed by atoms with Crippen molar-refractivity contribution in [1.82, 2.24) is 0 Å². The third-order valence-electron chi connectivity index (χ3n) is 7.92. The summed E-state index contributed by atoms with van der Waals surface area (Å²) in [6, 6.07) is 14.4. The van der Waals surface area contributed by atoms with Crippen molar-refractivity contribution >= 4 is 10.8 Å². The molecule has 2 aliphatic rings. The van der Waals surface area contributed by atoms with Gasteiger partial charge in [0.2, 0.25) is 0 Å². The SMILES string of the molecule is CC=CCCc1ccc2cc(C3CCC4CC(CCCC)CCC4C3)ccc2c1. The minimum Gasteiger partial charge on any atom is -0.0917 e. The van der Waals surface area contributed by atoms with Gasteiger partial charge < -0.3 is 0 Å². The summed E-state index contributed by atoms with van der Waals surface area (Å²) in [7, 11) is 0. The number of fused-ring (bicyclic) bond motifs is 2. The van der Waals surface area contributed by atoms with E-state index in [-0.39, 0.29) is 0 Å². The van der Waals surface area contributed by atoms with Gasteiger partial charge in [0.1, 0.15) is 0 Å². The highest BCUT2D eigenvalue weighted by atomic mass is 14.4. The Balaban J connectivity index is 1.39. The summed E-state index contributed by atoms with van der Waals surface area (Å²) in [5, 5.41) is 2.85. The van der Waals surface area contributed by atoms with Crippen LogP contribution in [0.3, 0.4) is 0 Å². The van der Waals surface area contributed by atoms with Crippen LogP contribution in [0.4, 0.5) is 0 Å². The van der Waals surface area contributed by atoms with E-state index in [0.29, 0.717) is 0 Å². The second-order valence-electron chi connectivity index (χ2n) is 9.90. The van der Waals surface area contributed by atoms with Crippen LogP contribution in [0.2, 0.25) is 0 Å². The van der Waals surface area contributed by atoms with Gasteiger partial charge in [0.05, 0.1) is 0 Å². The van der Waals surface area contributed by atoms with E-state index in [1.165, 1.54) is 74.1 Å². The molecule has 2 fully saturated rings. The highest BCUT2D eigenvalue weighted by molar-refractivity contribution is 5.84. The minimum atomic E-state index is 0.794. The molecule has 0 amide bonds. The van der Waals surface area contributed by atoms with Crippen molar-refractivity contribution in [1.29, 1.82) is 0 Å². The van der Waals surface area contributed by atoms with Crippen molar-refractivity contribution in [2.45, 2.75) is 90.4 Å². The second kappa shape index (κ2) is 9.96. The standard InChI is InChI=1S/C29H40/c1-3-5-7-9-23-11-13-27-21-29(17-15-25(27)19-23)28-16-14-24-18-22(8-6-4-2)10-12-26(24)20-28/h3,5,11,13,15,17,19,21-22,24,26,28H,4,6-10,12,14,16,18,20H2,1-2H3. The van der Waals surface area contributed by atoms with Gasteiger partial charge in [-0.3, -0.25) is 0 Å². The number of aryl methyl sites for hydroxylation is 1. The third-order valence-corrected chi connectivity index (χ3v) is 7.92. The average Bonchev–Trinajstić information content (AvgIpc) is 2.77. The molecular formula is C29H40. The molecule has 0 aliphatic heterocycles. The predicted octanol–water partition coefficient (Wildman–Crippen LogP) is 8.84. The van der Waals surface area contributed by atoms with E-state index in [4.69, 9.17) is 0 Å². The first-order valence-electron chi connectivity index (χ1n) is 12.4. The largest absolute Gasteiger partial charge is 0.0917 e. The molecule has 2 aromatic carbocycles. The molecule has 0 N–H and O–H groups in total. The molecule has 4 atom stereocenters. The maximum atomic E-state index is 2.50.